The van der Waals surface area contributed by atoms with E-state index in [4.69, 9.17) is 0 Å². The molecule has 98 valence electrons. The van der Waals surface area contributed by atoms with E-state index in [0.29, 0.717) is 0 Å². The van der Waals surface area contributed by atoms with Gasteiger partial charge in [-0.25, -0.2) is 4.98 Å². The molecule has 0 aromatic carbocycles. The number of hydrogen-bond acceptors (Lipinski definition) is 7. The van der Waals surface area contributed by atoms with Crippen LogP contribution in [0.3, 0.4) is 0 Å². The summed E-state index contributed by atoms with van der Waals surface area (Å²) in [5, 5.41) is 11.7. The van der Waals surface area contributed by atoms with Crippen LogP contribution in [0.2, 0.25) is 0 Å². The second kappa shape index (κ2) is 7.47. The molecule has 2 heterocycles. The Labute approximate surface area is 124 Å². The zero-order valence-electron chi connectivity index (χ0n) is 10.4. The van der Waals surface area contributed by atoms with Crippen molar-refractivity contribution >= 4 is 46.2 Å². The van der Waals surface area contributed by atoms with Crippen LogP contribution in [-0.2, 0) is 12.2 Å². The molecule has 0 spiro atoms. The molecule has 0 amide bonds. The lowest BCUT2D eigenvalue weighted by atomic mass is 10.3. The van der Waals surface area contributed by atoms with Crippen molar-refractivity contribution in [2.45, 2.75) is 41.1 Å². The Morgan fingerprint density at radius 3 is 2.67 bits per heavy atom. The number of hydrogen-bond donors (Lipinski definition) is 0. The topological polar surface area (TPSA) is 38.7 Å². The Bertz CT molecular complexity index is 436. The van der Waals surface area contributed by atoms with E-state index in [-0.39, 0.29) is 0 Å². The summed E-state index contributed by atoms with van der Waals surface area (Å²) in [6, 6.07) is 0. The average molecular weight is 318 g/mol. The van der Waals surface area contributed by atoms with Crippen molar-refractivity contribution < 1.29 is 0 Å². The molecular weight excluding hydrogens is 302 g/mol. The number of nitrogens with zero attached hydrogens (tertiary/aromatic N) is 3. The van der Waals surface area contributed by atoms with E-state index in [1.807, 2.05) is 0 Å². The molecule has 0 aliphatic heterocycles. The van der Waals surface area contributed by atoms with Crippen LogP contribution in [0.4, 0.5) is 0 Å². The predicted molar refractivity (Wildman–Crippen MR) is 82.0 cm³/mol. The lowest BCUT2D eigenvalue weighted by Crippen LogP contribution is -1.84. The molecule has 18 heavy (non-hydrogen) atoms. The van der Waals surface area contributed by atoms with Gasteiger partial charge in [-0.15, -0.1) is 21.5 Å². The van der Waals surface area contributed by atoms with Crippen molar-refractivity contribution in [1.29, 1.82) is 0 Å². The standard InChI is InChI=1S/C11H15N3S4/c1-3-5-9-12-8(6-16-9)7-17-11-14-13-10(18-11)15-4-2/h6H,3-5,7H2,1-2H3. The lowest BCUT2D eigenvalue weighted by Gasteiger charge is -1.92. The molecule has 0 radical (unpaired) electrons. The van der Waals surface area contributed by atoms with Crippen LogP contribution in [0.25, 0.3) is 0 Å². The Balaban J connectivity index is 1.85. The molecule has 2 rings (SSSR count). The molecule has 0 saturated carbocycles. The number of aryl methyl sites for hydroxylation is 1. The third-order valence-electron chi connectivity index (χ3n) is 2.06. The number of aromatic nitrogens is 3. The minimum Gasteiger partial charge on any atom is -0.245 e. The van der Waals surface area contributed by atoms with Gasteiger partial charge in [-0.2, -0.15) is 0 Å². The highest BCUT2D eigenvalue weighted by atomic mass is 32.2. The first-order valence-corrected chi connectivity index (χ1v) is 9.51. The van der Waals surface area contributed by atoms with Crippen LogP contribution in [0.5, 0.6) is 0 Å². The van der Waals surface area contributed by atoms with Gasteiger partial charge in [0, 0.05) is 11.1 Å². The summed E-state index contributed by atoms with van der Waals surface area (Å²) in [5.41, 5.74) is 1.16. The summed E-state index contributed by atoms with van der Waals surface area (Å²) >= 11 is 6.91. The van der Waals surface area contributed by atoms with Crippen molar-refractivity contribution in [3.63, 3.8) is 0 Å². The normalized spacial score (nSPS) is 11.0. The third kappa shape index (κ3) is 4.22. The zero-order valence-corrected chi connectivity index (χ0v) is 13.6. The Kier molecular flexibility index (Phi) is 5.94. The van der Waals surface area contributed by atoms with Gasteiger partial charge in [0.2, 0.25) is 0 Å². The summed E-state index contributed by atoms with van der Waals surface area (Å²) in [6.45, 7) is 4.31. The highest BCUT2D eigenvalue weighted by molar-refractivity contribution is 8.02. The van der Waals surface area contributed by atoms with Gasteiger partial charge in [0.05, 0.1) is 10.7 Å². The van der Waals surface area contributed by atoms with Crippen molar-refractivity contribution in [1.82, 2.24) is 15.2 Å². The SMILES string of the molecule is CCCc1nc(CSc2nnc(SCC)s2)cs1. The molecule has 0 unspecified atom stereocenters. The van der Waals surface area contributed by atoms with E-state index in [1.54, 1.807) is 46.2 Å². The smallest absolute Gasteiger partial charge is 0.175 e. The summed E-state index contributed by atoms with van der Waals surface area (Å²) < 4.78 is 2.10. The van der Waals surface area contributed by atoms with Gasteiger partial charge >= 0.3 is 0 Å². The van der Waals surface area contributed by atoms with Gasteiger partial charge < -0.3 is 0 Å². The van der Waals surface area contributed by atoms with Crippen LogP contribution in [0, 0.1) is 0 Å². The minimum atomic E-state index is 0.894. The number of thiazole rings is 1. The molecule has 0 bridgehead atoms. The molecule has 0 aliphatic carbocycles. The monoisotopic (exact) mass is 317 g/mol. The second-order valence-electron chi connectivity index (χ2n) is 3.54. The van der Waals surface area contributed by atoms with Gasteiger partial charge in [-0.05, 0) is 18.6 Å². The molecule has 2 aromatic rings. The molecule has 0 fully saturated rings. The third-order valence-corrected chi connectivity index (χ3v) is 6.13. The largest absolute Gasteiger partial charge is 0.245 e. The summed E-state index contributed by atoms with van der Waals surface area (Å²) in [5.74, 6) is 1.94. The Morgan fingerprint density at radius 2 is 1.94 bits per heavy atom. The fourth-order valence-electron chi connectivity index (χ4n) is 1.32. The average Bonchev–Trinajstić information content (AvgIpc) is 2.97. The van der Waals surface area contributed by atoms with Crippen LogP contribution in [0.15, 0.2) is 14.1 Å². The molecule has 0 atom stereocenters. The van der Waals surface area contributed by atoms with E-state index in [1.165, 1.54) is 5.01 Å². The quantitative estimate of drug-likeness (QED) is 0.710. The summed E-state index contributed by atoms with van der Waals surface area (Å²) in [7, 11) is 0. The van der Waals surface area contributed by atoms with Crippen molar-refractivity contribution in [2.75, 3.05) is 5.75 Å². The van der Waals surface area contributed by atoms with Gasteiger partial charge in [0.1, 0.15) is 0 Å². The van der Waals surface area contributed by atoms with Crippen molar-refractivity contribution in [3.8, 4) is 0 Å². The van der Waals surface area contributed by atoms with Crippen LogP contribution >= 0.6 is 46.2 Å². The molecular formula is C11H15N3S4. The highest BCUT2D eigenvalue weighted by Crippen LogP contribution is 2.30. The predicted octanol–water partition coefficient (Wildman–Crippen LogP) is 4.35. The van der Waals surface area contributed by atoms with E-state index in [2.05, 4.69) is 34.4 Å². The molecule has 3 nitrogen and oxygen atoms in total. The van der Waals surface area contributed by atoms with E-state index in [9.17, 15) is 0 Å². The number of rotatable bonds is 7. The molecule has 0 N–H and O–H groups in total. The maximum absolute atomic E-state index is 4.61. The van der Waals surface area contributed by atoms with Gasteiger partial charge in [0.25, 0.3) is 0 Å². The maximum Gasteiger partial charge on any atom is 0.175 e. The van der Waals surface area contributed by atoms with Crippen LogP contribution < -0.4 is 0 Å². The summed E-state index contributed by atoms with van der Waals surface area (Å²) in [4.78, 5) is 4.61. The van der Waals surface area contributed by atoms with Crippen molar-refractivity contribution in [2.24, 2.45) is 0 Å². The Morgan fingerprint density at radius 1 is 1.17 bits per heavy atom. The zero-order chi connectivity index (χ0) is 12.8. The fourth-order valence-corrected chi connectivity index (χ4v) is 5.13. The first-order chi connectivity index (χ1) is 8.81. The van der Waals surface area contributed by atoms with Crippen molar-refractivity contribution in [3.05, 3.63) is 16.1 Å². The number of thioether (sulfide) groups is 2. The molecule has 7 heteroatoms. The Hall–Kier alpha value is -0.110. The maximum atomic E-state index is 4.61. The van der Waals surface area contributed by atoms with E-state index >= 15 is 0 Å². The first kappa shape index (κ1) is 14.3. The molecule has 0 aliphatic rings. The summed E-state index contributed by atoms with van der Waals surface area (Å²) in [6.07, 6.45) is 2.25. The fraction of sp³-hybridized carbons (Fsp3) is 0.545. The van der Waals surface area contributed by atoms with Gasteiger partial charge in [0.15, 0.2) is 8.68 Å². The van der Waals surface area contributed by atoms with E-state index < -0.39 is 0 Å². The van der Waals surface area contributed by atoms with Crippen LogP contribution in [-0.4, -0.2) is 20.9 Å². The second-order valence-corrected chi connectivity index (χ2v) is 8.19. The van der Waals surface area contributed by atoms with Gasteiger partial charge in [-0.1, -0.05) is 48.7 Å². The minimum absolute atomic E-state index is 0.894. The van der Waals surface area contributed by atoms with E-state index in [0.717, 1.165) is 38.7 Å². The molecule has 2 aromatic heterocycles. The highest BCUT2D eigenvalue weighted by Gasteiger charge is 2.07. The molecule has 0 saturated heterocycles. The lowest BCUT2D eigenvalue weighted by molar-refractivity contribution is 0.902. The first-order valence-electron chi connectivity index (χ1n) is 5.84. The van der Waals surface area contributed by atoms with Gasteiger partial charge in [-0.3, -0.25) is 0 Å². The van der Waals surface area contributed by atoms with Crippen LogP contribution in [0.1, 0.15) is 31.0 Å².